The van der Waals surface area contributed by atoms with E-state index in [9.17, 15) is 12.8 Å². The molecule has 2 aliphatic rings. The lowest BCUT2D eigenvalue weighted by molar-refractivity contribution is 0.384. The quantitative estimate of drug-likeness (QED) is 0.372. The van der Waals surface area contributed by atoms with E-state index in [4.69, 9.17) is 10.1 Å². The number of halogens is 1. The molecule has 0 spiro atoms. The highest BCUT2D eigenvalue weighted by Gasteiger charge is 2.29. The Morgan fingerprint density at radius 1 is 0.974 bits per heavy atom. The first kappa shape index (κ1) is 24.7. The molecule has 1 aromatic carbocycles. The predicted molar refractivity (Wildman–Crippen MR) is 145 cm³/mol. The van der Waals surface area contributed by atoms with Crippen LogP contribution in [0.5, 0.6) is 0 Å². The third kappa shape index (κ3) is 4.60. The van der Waals surface area contributed by atoms with Gasteiger partial charge in [-0.3, -0.25) is 0 Å². The summed E-state index contributed by atoms with van der Waals surface area (Å²) >= 11 is 0. The number of hydrogen-bond donors (Lipinski definition) is 0. The van der Waals surface area contributed by atoms with Crippen LogP contribution < -0.4 is 9.80 Å². The van der Waals surface area contributed by atoms with Crippen LogP contribution in [-0.4, -0.2) is 70.8 Å². The van der Waals surface area contributed by atoms with E-state index in [0.717, 1.165) is 53.6 Å². The number of hydrogen-bond acceptors (Lipinski definition) is 7. The monoisotopic (exact) mass is 535 g/mol. The molecule has 4 aromatic rings. The van der Waals surface area contributed by atoms with Gasteiger partial charge in [-0.1, -0.05) is 18.2 Å². The number of rotatable bonds is 6. The van der Waals surface area contributed by atoms with E-state index in [-0.39, 0.29) is 17.6 Å². The summed E-state index contributed by atoms with van der Waals surface area (Å²) in [6.07, 6.45) is 3.72. The summed E-state index contributed by atoms with van der Waals surface area (Å²) in [5.41, 5.74) is 3.19. The Balaban J connectivity index is 1.27. The summed E-state index contributed by atoms with van der Waals surface area (Å²) in [7, 11) is -3.19. The summed E-state index contributed by atoms with van der Waals surface area (Å²) in [5.74, 6) is 1.50. The molecule has 0 unspecified atom stereocenters. The Hall–Kier alpha value is -3.57. The van der Waals surface area contributed by atoms with E-state index in [1.54, 1.807) is 29.6 Å². The highest BCUT2D eigenvalue weighted by Crippen LogP contribution is 2.35. The molecular formula is C27H30FN7O2S. The predicted octanol–water partition coefficient (Wildman–Crippen LogP) is 3.74. The second kappa shape index (κ2) is 9.95. The summed E-state index contributed by atoms with van der Waals surface area (Å²) < 4.78 is 41.7. The van der Waals surface area contributed by atoms with Crippen molar-refractivity contribution in [2.45, 2.75) is 25.8 Å². The largest absolute Gasteiger partial charge is 0.354 e. The molecule has 2 aliphatic heterocycles. The molecule has 6 rings (SSSR count). The van der Waals surface area contributed by atoms with Gasteiger partial charge in [-0.05, 0) is 61.7 Å². The van der Waals surface area contributed by atoms with Gasteiger partial charge in [0.15, 0.2) is 5.65 Å². The molecule has 0 N–H and O–H groups in total. The Morgan fingerprint density at radius 2 is 1.79 bits per heavy atom. The van der Waals surface area contributed by atoms with E-state index in [1.165, 1.54) is 6.07 Å². The summed E-state index contributed by atoms with van der Waals surface area (Å²) in [6, 6.07) is 16.6. The van der Waals surface area contributed by atoms with Gasteiger partial charge in [0.1, 0.15) is 23.1 Å². The molecule has 0 aliphatic carbocycles. The number of benzene rings is 1. The van der Waals surface area contributed by atoms with Crippen LogP contribution in [0.2, 0.25) is 0 Å². The maximum absolute atomic E-state index is 13.9. The normalized spacial score (nSPS) is 18.9. The highest BCUT2D eigenvalue weighted by molar-refractivity contribution is 7.89. The molecule has 0 saturated carbocycles. The number of nitrogens with zero attached hydrogens (tertiary/aromatic N) is 7. The van der Waals surface area contributed by atoms with Gasteiger partial charge < -0.3 is 9.80 Å². The molecule has 0 bridgehead atoms. The maximum Gasteiger partial charge on any atom is 0.213 e. The number of pyridine rings is 1. The number of aromatic nitrogens is 4. The third-order valence-electron chi connectivity index (χ3n) is 7.45. The van der Waals surface area contributed by atoms with E-state index in [2.05, 4.69) is 14.8 Å². The lowest BCUT2D eigenvalue weighted by atomic mass is 10.0. The van der Waals surface area contributed by atoms with Crippen LogP contribution in [-0.2, 0) is 10.0 Å². The minimum atomic E-state index is -3.19. The molecule has 1 atom stereocenters. The van der Waals surface area contributed by atoms with Crippen molar-refractivity contribution in [1.82, 2.24) is 23.9 Å². The van der Waals surface area contributed by atoms with Crippen LogP contribution in [0.25, 0.3) is 17.0 Å². The van der Waals surface area contributed by atoms with Crippen LogP contribution >= 0.6 is 0 Å². The van der Waals surface area contributed by atoms with Crippen LogP contribution in [0.15, 0.2) is 60.8 Å². The van der Waals surface area contributed by atoms with Crippen LogP contribution in [0.3, 0.4) is 0 Å². The van der Waals surface area contributed by atoms with Crippen molar-refractivity contribution in [2.24, 2.45) is 0 Å². The lowest BCUT2D eigenvalue weighted by Gasteiger charge is -2.34. The van der Waals surface area contributed by atoms with Crippen molar-refractivity contribution in [1.29, 1.82) is 0 Å². The van der Waals surface area contributed by atoms with E-state index < -0.39 is 10.0 Å². The first-order valence-electron chi connectivity index (χ1n) is 13.0. The molecular weight excluding hydrogens is 505 g/mol. The zero-order chi connectivity index (χ0) is 26.3. The summed E-state index contributed by atoms with van der Waals surface area (Å²) in [5, 5.41) is 4.94. The smallest absolute Gasteiger partial charge is 0.213 e. The van der Waals surface area contributed by atoms with Gasteiger partial charge in [0.05, 0.1) is 23.7 Å². The molecule has 0 amide bonds. The van der Waals surface area contributed by atoms with Gasteiger partial charge in [-0.2, -0.15) is 4.31 Å². The molecule has 5 heterocycles. The average molecular weight is 536 g/mol. The van der Waals surface area contributed by atoms with Crippen molar-refractivity contribution in [2.75, 3.05) is 48.3 Å². The molecule has 2 saturated heterocycles. The number of imidazole rings is 1. The SMILES string of the molecule is CCS(=O)(=O)N1CCN(c2cccc(-c3cnc4ccc(N5CCC[C@@H]5c5cccc(F)c5)nn34)n2)CC1. The number of anilines is 2. The van der Waals surface area contributed by atoms with Crippen molar-refractivity contribution in [3.05, 3.63) is 72.2 Å². The minimum Gasteiger partial charge on any atom is -0.354 e. The van der Waals surface area contributed by atoms with Crippen LogP contribution in [0.4, 0.5) is 16.0 Å². The molecule has 2 fully saturated rings. The van der Waals surface area contributed by atoms with Gasteiger partial charge in [0.25, 0.3) is 0 Å². The number of fused-ring (bicyclic) bond motifs is 1. The third-order valence-corrected chi connectivity index (χ3v) is 9.33. The Bertz CT molecular complexity index is 1570. The fourth-order valence-corrected chi connectivity index (χ4v) is 6.50. The molecule has 38 heavy (non-hydrogen) atoms. The second-order valence-corrected chi connectivity index (χ2v) is 11.9. The first-order valence-corrected chi connectivity index (χ1v) is 14.6. The van der Waals surface area contributed by atoms with Crippen molar-refractivity contribution < 1.29 is 12.8 Å². The second-order valence-electron chi connectivity index (χ2n) is 9.68. The van der Waals surface area contributed by atoms with E-state index in [1.807, 2.05) is 40.9 Å². The van der Waals surface area contributed by atoms with Crippen molar-refractivity contribution in [3.8, 4) is 11.4 Å². The number of sulfonamides is 1. The Kier molecular flexibility index (Phi) is 6.48. The fourth-order valence-electron chi connectivity index (χ4n) is 5.41. The van der Waals surface area contributed by atoms with Gasteiger partial charge in [0.2, 0.25) is 10.0 Å². The number of piperazine rings is 1. The molecule has 0 radical (unpaired) electrons. The molecule has 11 heteroatoms. The molecule has 3 aromatic heterocycles. The summed E-state index contributed by atoms with van der Waals surface area (Å²) in [6.45, 7) is 4.59. The average Bonchev–Trinajstić information content (AvgIpc) is 3.60. The van der Waals surface area contributed by atoms with Crippen molar-refractivity contribution >= 4 is 27.3 Å². The highest BCUT2D eigenvalue weighted by atomic mass is 32.2. The minimum absolute atomic E-state index is 0.0688. The fraction of sp³-hybridized carbons (Fsp3) is 0.370. The standard InChI is InChI=1S/C27H30FN7O2S/c1-2-38(36,37)33-16-14-32(15-17-33)26-10-4-8-22(30-26)24-19-29-25-11-12-27(31-35(24)25)34-13-5-9-23(34)20-6-3-7-21(28)18-20/h3-4,6-8,10-12,18-19,23H,2,5,9,13-17H2,1H3/t23-/m1/s1. The van der Waals surface area contributed by atoms with Gasteiger partial charge in [-0.15, -0.1) is 5.10 Å². The van der Waals surface area contributed by atoms with E-state index in [0.29, 0.717) is 26.2 Å². The first-order chi connectivity index (χ1) is 18.4. The molecule has 9 nitrogen and oxygen atoms in total. The van der Waals surface area contributed by atoms with Crippen LogP contribution in [0, 0.1) is 5.82 Å². The Morgan fingerprint density at radius 3 is 2.58 bits per heavy atom. The maximum atomic E-state index is 13.9. The van der Waals surface area contributed by atoms with E-state index >= 15 is 0 Å². The van der Waals surface area contributed by atoms with Crippen molar-refractivity contribution in [3.63, 3.8) is 0 Å². The lowest BCUT2D eigenvalue weighted by Crippen LogP contribution is -2.49. The zero-order valence-corrected chi connectivity index (χ0v) is 22.1. The van der Waals surface area contributed by atoms with Gasteiger partial charge in [0, 0.05) is 32.7 Å². The Labute approximate surface area is 221 Å². The molecule has 198 valence electrons. The summed E-state index contributed by atoms with van der Waals surface area (Å²) in [4.78, 5) is 13.8. The zero-order valence-electron chi connectivity index (χ0n) is 21.2. The van der Waals surface area contributed by atoms with Crippen LogP contribution in [0.1, 0.15) is 31.4 Å². The van der Waals surface area contributed by atoms with Gasteiger partial charge >= 0.3 is 0 Å². The topological polar surface area (TPSA) is 86.9 Å². The van der Waals surface area contributed by atoms with Gasteiger partial charge in [-0.25, -0.2) is 27.3 Å².